The Bertz CT molecular complexity index is 433. The largest absolute Gasteiger partial charge is 0.385 e. The third-order valence-corrected chi connectivity index (χ3v) is 4.97. The molecule has 1 aromatic rings. The molecule has 0 aliphatic heterocycles. The Labute approximate surface area is 125 Å². The summed E-state index contributed by atoms with van der Waals surface area (Å²) in [7, 11) is 0. The molecule has 0 spiro atoms. The third kappa shape index (κ3) is 3.92. The van der Waals surface area contributed by atoms with Crippen LogP contribution >= 0.6 is 11.8 Å². The molecule has 0 aromatic heterocycles. The van der Waals surface area contributed by atoms with Crippen LogP contribution in [0.5, 0.6) is 0 Å². The summed E-state index contributed by atoms with van der Waals surface area (Å²) in [5, 5.41) is 7.07. The molecule has 1 aromatic carbocycles. The molecule has 1 fully saturated rings. The molecule has 1 aliphatic carbocycles. The summed E-state index contributed by atoms with van der Waals surface area (Å²) in [4.78, 5) is 12.2. The number of carbonyl (C=O) groups excluding carboxylic acids is 1. The maximum atomic E-state index is 12.2. The summed E-state index contributed by atoms with van der Waals surface area (Å²) in [5.41, 5.74) is 1.82. The van der Waals surface area contributed by atoms with E-state index in [4.69, 9.17) is 0 Å². The molecule has 2 N–H and O–H groups in total. The van der Waals surface area contributed by atoms with Crippen LogP contribution in [-0.4, -0.2) is 30.0 Å². The number of amides is 1. The van der Waals surface area contributed by atoms with E-state index in [1.165, 1.54) is 12.8 Å². The van der Waals surface area contributed by atoms with Crippen LogP contribution in [0.4, 0.5) is 5.69 Å². The molecule has 0 radical (unpaired) electrons. The van der Waals surface area contributed by atoms with Crippen molar-refractivity contribution in [3.8, 4) is 0 Å². The average Bonchev–Trinajstić information content (AvgIpc) is 2.92. The Morgan fingerprint density at radius 2 is 2.05 bits per heavy atom. The molecule has 2 atom stereocenters. The first kappa shape index (κ1) is 15.2. The summed E-state index contributed by atoms with van der Waals surface area (Å²) in [6.07, 6.45) is 6.76. The van der Waals surface area contributed by atoms with Crippen LogP contribution < -0.4 is 10.6 Å². The highest BCUT2D eigenvalue weighted by Gasteiger charge is 2.27. The summed E-state index contributed by atoms with van der Waals surface area (Å²) in [6.45, 7) is 3.10. The van der Waals surface area contributed by atoms with Crippen LogP contribution in [0.3, 0.4) is 0 Å². The van der Waals surface area contributed by atoms with Gasteiger partial charge in [0.05, 0.1) is 0 Å². The Morgan fingerprint density at radius 3 is 2.70 bits per heavy atom. The van der Waals surface area contributed by atoms with Gasteiger partial charge in [-0.2, -0.15) is 11.8 Å². The van der Waals surface area contributed by atoms with Crippen molar-refractivity contribution < 1.29 is 4.79 Å². The number of rotatable bonds is 6. The second-order valence-corrected chi connectivity index (χ2v) is 6.37. The molecular weight excluding hydrogens is 268 g/mol. The third-order valence-electron chi connectivity index (χ3n) is 3.80. The first-order valence-electron chi connectivity index (χ1n) is 7.42. The van der Waals surface area contributed by atoms with Gasteiger partial charge in [0.1, 0.15) is 0 Å². The molecule has 20 heavy (non-hydrogen) atoms. The van der Waals surface area contributed by atoms with Gasteiger partial charge in [0.25, 0.3) is 5.91 Å². The Hall–Kier alpha value is -1.16. The maximum absolute atomic E-state index is 12.2. The topological polar surface area (TPSA) is 41.1 Å². The van der Waals surface area contributed by atoms with Crippen molar-refractivity contribution in [2.24, 2.45) is 0 Å². The second-order valence-electron chi connectivity index (χ2n) is 5.29. The number of anilines is 1. The molecule has 1 amide bonds. The van der Waals surface area contributed by atoms with Crippen molar-refractivity contribution in [3.05, 3.63) is 29.8 Å². The molecule has 2 unspecified atom stereocenters. The van der Waals surface area contributed by atoms with Gasteiger partial charge in [0.15, 0.2) is 0 Å². The van der Waals surface area contributed by atoms with Crippen LogP contribution in [0.25, 0.3) is 0 Å². The lowest BCUT2D eigenvalue weighted by molar-refractivity contribution is 0.0938. The minimum Gasteiger partial charge on any atom is -0.385 e. The van der Waals surface area contributed by atoms with Crippen molar-refractivity contribution in [2.75, 3.05) is 18.1 Å². The van der Waals surface area contributed by atoms with E-state index >= 15 is 0 Å². The predicted molar refractivity (Wildman–Crippen MR) is 87.6 cm³/mol. The van der Waals surface area contributed by atoms with E-state index in [-0.39, 0.29) is 5.91 Å². The van der Waals surface area contributed by atoms with Gasteiger partial charge in [-0.15, -0.1) is 0 Å². The number of benzene rings is 1. The van der Waals surface area contributed by atoms with Crippen molar-refractivity contribution in [1.29, 1.82) is 0 Å². The quantitative estimate of drug-likeness (QED) is 0.843. The monoisotopic (exact) mass is 292 g/mol. The van der Waals surface area contributed by atoms with E-state index < -0.39 is 0 Å². The Balaban J connectivity index is 1.92. The fourth-order valence-corrected chi connectivity index (χ4v) is 3.57. The van der Waals surface area contributed by atoms with Crippen molar-refractivity contribution in [1.82, 2.24) is 5.32 Å². The standard InChI is InChI=1S/C16H24N2OS/c1-3-11-17-13-9-7-12(8-10-13)16(19)18-14-5-4-6-15(14)20-2/h7-10,14-15,17H,3-6,11H2,1-2H3,(H,18,19). The highest BCUT2D eigenvalue weighted by Crippen LogP contribution is 2.28. The number of hydrogen-bond acceptors (Lipinski definition) is 3. The van der Waals surface area contributed by atoms with Gasteiger partial charge in [0.2, 0.25) is 0 Å². The lowest BCUT2D eigenvalue weighted by Gasteiger charge is -2.19. The second kappa shape index (κ2) is 7.58. The van der Waals surface area contributed by atoms with E-state index in [1.807, 2.05) is 36.0 Å². The SMILES string of the molecule is CCCNc1ccc(C(=O)NC2CCCC2SC)cc1. The smallest absolute Gasteiger partial charge is 0.251 e. The number of hydrogen-bond donors (Lipinski definition) is 2. The first-order chi connectivity index (χ1) is 9.74. The van der Waals surface area contributed by atoms with E-state index in [0.717, 1.165) is 30.6 Å². The van der Waals surface area contributed by atoms with Gasteiger partial charge in [-0.25, -0.2) is 0 Å². The zero-order valence-corrected chi connectivity index (χ0v) is 13.1. The lowest BCUT2D eigenvalue weighted by Crippen LogP contribution is -2.38. The highest BCUT2D eigenvalue weighted by atomic mass is 32.2. The van der Waals surface area contributed by atoms with Gasteiger partial charge in [-0.05, 0) is 49.8 Å². The van der Waals surface area contributed by atoms with E-state index in [2.05, 4.69) is 23.8 Å². The van der Waals surface area contributed by atoms with Crippen LogP contribution in [0, 0.1) is 0 Å². The molecule has 1 aliphatic rings. The Kier molecular flexibility index (Phi) is 5.77. The van der Waals surface area contributed by atoms with E-state index in [0.29, 0.717) is 11.3 Å². The zero-order chi connectivity index (χ0) is 14.4. The summed E-state index contributed by atoms with van der Waals surface area (Å²) in [5.74, 6) is 0.0537. The molecule has 4 heteroatoms. The van der Waals surface area contributed by atoms with Crippen LogP contribution in [-0.2, 0) is 0 Å². The van der Waals surface area contributed by atoms with Crippen molar-refractivity contribution >= 4 is 23.4 Å². The highest BCUT2D eigenvalue weighted by molar-refractivity contribution is 7.99. The lowest BCUT2D eigenvalue weighted by atomic mass is 10.1. The van der Waals surface area contributed by atoms with E-state index in [1.54, 1.807) is 0 Å². The summed E-state index contributed by atoms with van der Waals surface area (Å²) >= 11 is 1.86. The summed E-state index contributed by atoms with van der Waals surface area (Å²) in [6, 6.07) is 8.08. The molecule has 3 nitrogen and oxygen atoms in total. The molecule has 110 valence electrons. The first-order valence-corrected chi connectivity index (χ1v) is 8.71. The zero-order valence-electron chi connectivity index (χ0n) is 12.3. The van der Waals surface area contributed by atoms with Crippen molar-refractivity contribution in [3.63, 3.8) is 0 Å². The maximum Gasteiger partial charge on any atom is 0.251 e. The van der Waals surface area contributed by atoms with Crippen LogP contribution in [0.15, 0.2) is 24.3 Å². The average molecular weight is 292 g/mol. The Morgan fingerprint density at radius 1 is 1.30 bits per heavy atom. The molecular formula is C16H24N2OS. The van der Waals surface area contributed by atoms with Gasteiger partial charge in [-0.3, -0.25) is 4.79 Å². The fourth-order valence-electron chi connectivity index (χ4n) is 2.63. The number of carbonyl (C=O) groups is 1. The number of thioether (sulfide) groups is 1. The molecule has 0 heterocycles. The van der Waals surface area contributed by atoms with Crippen LogP contribution in [0.2, 0.25) is 0 Å². The van der Waals surface area contributed by atoms with Gasteiger partial charge in [-0.1, -0.05) is 13.3 Å². The minimum absolute atomic E-state index is 0.0537. The fraction of sp³-hybridized carbons (Fsp3) is 0.562. The normalized spacial score (nSPS) is 21.7. The van der Waals surface area contributed by atoms with Crippen molar-refractivity contribution in [2.45, 2.75) is 43.9 Å². The molecule has 1 saturated carbocycles. The summed E-state index contributed by atoms with van der Waals surface area (Å²) < 4.78 is 0. The number of nitrogens with one attached hydrogen (secondary N) is 2. The molecule has 0 saturated heterocycles. The van der Waals surface area contributed by atoms with Crippen LogP contribution in [0.1, 0.15) is 43.0 Å². The predicted octanol–water partition coefficient (Wildman–Crippen LogP) is 3.52. The van der Waals surface area contributed by atoms with Gasteiger partial charge >= 0.3 is 0 Å². The van der Waals surface area contributed by atoms with E-state index in [9.17, 15) is 4.79 Å². The van der Waals surface area contributed by atoms with Gasteiger partial charge < -0.3 is 10.6 Å². The molecule has 2 rings (SSSR count). The van der Waals surface area contributed by atoms with Gasteiger partial charge in [0, 0.05) is 29.1 Å². The minimum atomic E-state index is 0.0537. The molecule has 0 bridgehead atoms.